The summed E-state index contributed by atoms with van der Waals surface area (Å²) in [6, 6.07) is 5.00. The Labute approximate surface area is 126 Å². The monoisotopic (exact) mass is 316 g/mol. The van der Waals surface area contributed by atoms with Crippen LogP contribution in [0.1, 0.15) is 12.5 Å². The highest BCUT2D eigenvalue weighted by atomic mass is 32.2. The predicted molar refractivity (Wildman–Crippen MR) is 82.3 cm³/mol. The lowest BCUT2D eigenvalue weighted by Crippen LogP contribution is -2.28. The highest BCUT2D eigenvalue weighted by Crippen LogP contribution is 2.22. The van der Waals surface area contributed by atoms with Crippen LogP contribution in [-0.4, -0.2) is 48.9 Å². The maximum Gasteiger partial charge on any atom is 0.240 e. The third-order valence-corrected chi connectivity index (χ3v) is 4.54. The molecule has 0 spiro atoms. The first-order valence-corrected chi connectivity index (χ1v) is 8.39. The zero-order valence-corrected chi connectivity index (χ0v) is 13.6. The van der Waals surface area contributed by atoms with E-state index in [-0.39, 0.29) is 11.4 Å². The van der Waals surface area contributed by atoms with E-state index in [4.69, 9.17) is 9.47 Å². The van der Waals surface area contributed by atoms with Gasteiger partial charge in [0.05, 0.1) is 18.6 Å². The summed E-state index contributed by atoms with van der Waals surface area (Å²) < 4.78 is 37.2. The zero-order chi connectivity index (χ0) is 15.7. The van der Waals surface area contributed by atoms with Crippen LogP contribution in [0.2, 0.25) is 0 Å². The second-order valence-electron chi connectivity index (χ2n) is 4.47. The molecule has 1 aromatic rings. The Hall–Kier alpha value is -1.15. The second-order valence-corrected chi connectivity index (χ2v) is 6.20. The number of hydrogen-bond donors (Lipinski definition) is 2. The smallest absolute Gasteiger partial charge is 0.240 e. The molecule has 0 saturated heterocycles. The summed E-state index contributed by atoms with van der Waals surface area (Å²) >= 11 is 0. The summed E-state index contributed by atoms with van der Waals surface area (Å²) in [6.07, 6.45) is 0.617. The average molecular weight is 316 g/mol. The molecule has 0 fully saturated rings. The van der Waals surface area contributed by atoms with Gasteiger partial charge in [0.25, 0.3) is 0 Å². The van der Waals surface area contributed by atoms with Gasteiger partial charge >= 0.3 is 0 Å². The van der Waals surface area contributed by atoms with E-state index in [1.165, 1.54) is 7.11 Å². The molecule has 0 atom stereocenters. The number of benzene rings is 1. The van der Waals surface area contributed by atoms with Gasteiger partial charge in [-0.1, -0.05) is 6.92 Å². The molecular formula is C14H24N2O4S. The van der Waals surface area contributed by atoms with Gasteiger partial charge in [0, 0.05) is 13.7 Å². The lowest BCUT2D eigenvalue weighted by Gasteiger charge is -2.13. The molecule has 1 rings (SSSR count). The largest absolute Gasteiger partial charge is 0.497 e. The van der Waals surface area contributed by atoms with Gasteiger partial charge in [0.15, 0.2) is 0 Å². The van der Waals surface area contributed by atoms with Crippen molar-refractivity contribution in [3.63, 3.8) is 0 Å². The standard InChI is InChI=1S/C14H24N2O4S/c1-4-15-8-7-12-11-13(20-3)5-6-14(12)21(17,18)16-9-10-19-2/h5-6,11,15-16H,4,7-10H2,1-3H3. The first-order chi connectivity index (χ1) is 10.0. The van der Waals surface area contributed by atoms with Crippen LogP contribution >= 0.6 is 0 Å². The molecule has 2 N–H and O–H groups in total. The van der Waals surface area contributed by atoms with E-state index in [2.05, 4.69) is 10.0 Å². The molecule has 0 bridgehead atoms. The minimum absolute atomic E-state index is 0.248. The van der Waals surface area contributed by atoms with Crippen LogP contribution < -0.4 is 14.8 Å². The van der Waals surface area contributed by atoms with Crippen molar-refractivity contribution in [1.29, 1.82) is 0 Å². The predicted octanol–water partition coefficient (Wildman–Crippen LogP) is 0.772. The molecule has 0 saturated carbocycles. The van der Waals surface area contributed by atoms with Crippen molar-refractivity contribution in [2.24, 2.45) is 0 Å². The fourth-order valence-corrected chi connectivity index (χ4v) is 3.16. The highest BCUT2D eigenvalue weighted by Gasteiger charge is 2.18. The third-order valence-electron chi connectivity index (χ3n) is 2.98. The summed E-state index contributed by atoms with van der Waals surface area (Å²) in [4.78, 5) is 0.289. The van der Waals surface area contributed by atoms with Crippen LogP contribution in [0.15, 0.2) is 23.1 Å². The molecule has 6 nitrogen and oxygen atoms in total. The van der Waals surface area contributed by atoms with Crippen LogP contribution in [-0.2, 0) is 21.2 Å². The SMILES string of the molecule is CCNCCc1cc(OC)ccc1S(=O)(=O)NCCOC. The molecule has 0 radical (unpaired) electrons. The molecule has 0 heterocycles. The van der Waals surface area contributed by atoms with Crippen molar-refractivity contribution >= 4 is 10.0 Å². The number of rotatable bonds is 10. The van der Waals surface area contributed by atoms with Crippen molar-refractivity contribution in [3.8, 4) is 5.75 Å². The Morgan fingerprint density at radius 3 is 2.57 bits per heavy atom. The quantitative estimate of drug-likeness (QED) is 0.624. The Bertz CT molecular complexity index is 532. The number of methoxy groups -OCH3 is 2. The molecule has 0 amide bonds. The summed E-state index contributed by atoms with van der Waals surface area (Å²) in [6.45, 7) is 4.15. The van der Waals surface area contributed by atoms with E-state index in [9.17, 15) is 8.42 Å². The van der Waals surface area contributed by atoms with Crippen LogP contribution in [0.5, 0.6) is 5.75 Å². The van der Waals surface area contributed by atoms with E-state index >= 15 is 0 Å². The molecule has 21 heavy (non-hydrogen) atoms. The maximum absolute atomic E-state index is 12.3. The molecule has 0 unspecified atom stereocenters. The van der Waals surface area contributed by atoms with Gasteiger partial charge < -0.3 is 14.8 Å². The first kappa shape index (κ1) is 17.9. The minimum Gasteiger partial charge on any atom is -0.497 e. The molecule has 120 valence electrons. The van der Waals surface area contributed by atoms with Gasteiger partial charge in [0.1, 0.15) is 5.75 Å². The Kier molecular flexibility index (Phi) is 7.66. The van der Waals surface area contributed by atoms with Crippen LogP contribution in [0.4, 0.5) is 0 Å². The lowest BCUT2D eigenvalue weighted by molar-refractivity contribution is 0.204. The van der Waals surface area contributed by atoms with Crippen molar-refractivity contribution in [3.05, 3.63) is 23.8 Å². The summed E-state index contributed by atoms with van der Waals surface area (Å²) in [5.74, 6) is 0.650. The Morgan fingerprint density at radius 1 is 1.19 bits per heavy atom. The van der Waals surface area contributed by atoms with Crippen LogP contribution in [0, 0.1) is 0 Å². The summed E-state index contributed by atoms with van der Waals surface area (Å²) in [5, 5.41) is 3.19. The van der Waals surface area contributed by atoms with E-state index in [1.807, 2.05) is 6.92 Å². The third kappa shape index (κ3) is 5.62. The number of nitrogens with one attached hydrogen (secondary N) is 2. The molecule has 1 aromatic carbocycles. The van der Waals surface area contributed by atoms with Gasteiger partial charge in [-0.25, -0.2) is 13.1 Å². The molecule has 0 aromatic heterocycles. The van der Waals surface area contributed by atoms with Crippen molar-refractivity contribution < 1.29 is 17.9 Å². The van der Waals surface area contributed by atoms with E-state index in [1.54, 1.807) is 25.3 Å². The summed E-state index contributed by atoms with van der Waals surface area (Å²) in [5.41, 5.74) is 0.736. The van der Waals surface area contributed by atoms with Crippen LogP contribution in [0.3, 0.4) is 0 Å². The number of hydrogen-bond acceptors (Lipinski definition) is 5. The molecule has 0 aliphatic carbocycles. The van der Waals surface area contributed by atoms with E-state index in [0.29, 0.717) is 25.3 Å². The fourth-order valence-electron chi connectivity index (χ4n) is 1.90. The molecule has 0 aliphatic heterocycles. The fraction of sp³-hybridized carbons (Fsp3) is 0.571. The number of ether oxygens (including phenoxy) is 2. The van der Waals surface area contributed by atoms with Gasteiger partial charge in [0.2, 0.25) is 10.0 Å². The zero-order valence-electron chi connectivity index (χ0n) is 12.8. The van der Waals surface area contributed by atoms with Gasteiger partial charge in [-0.3, -0.25) is 0 Å². The van der Waals surface area contributed by atoms with Gasteiger partial charge in [-0.15, -0.1) is 0 Å². The molecule has 7 heteroatoms. The van der Waals surface area contributed by atoms with Gasteiger partial charge in [-0.05, 0) is 43.3 Å². The first-order valence-electron chi connectivity index (χ1n) is 6.91. The molecule has 0 aliphatic rings. The normalized spacial score (nSPS) is 11.6. The van der Waals surface area contributed by atoms with E-state index in [0.717, 1.165) is 12.1 Å². The van der Waals surface area contributed by atoms with Crippen molar-refractivity contribution in [1.82, 2.24) is 10.0 Å². The van der Waals surface area contributed by atoms with Crippen molar-refractivity contribution in [2.75, 3.05) is 40.5 Å². The minimum atomic E-state index is -3.54. The maximum atomic E-state index is 12.3. The topological polar surface area (TPSA) is 76.7 Å². The number of likely N-dealkylation sites (N-methyl/N-ethyl adjacent to an activating group) is 1. The lowest BCUT2D eigenvalue weighted by atomic mass is 10.1. The van der Waals surface area contributed by atoms with Crippen LogP contribution in [0.25, 0.3) is 0 Å². The Morgan fingerprint density at radius 2 is 1.95 bits per heavy atom. The van der Waals surface area contributed by atoms with E-state index < -0.39 is 10.0 Å². The summed E-state index contributed by atoms with van der Waals surface area (Å²) in [7, 11) is -0.443. The number of sulfonamides is 1. The second kappa shape index (κ2) is 8.99. The Balaban J connectivity index is 2.97. The van der Waals surface area contributed by atoms with Crippen molar-refractivity contribution in [2.45, 2.75) is 18.2 Å². The van der Waals surface area contributed by atoms with Gasteiger partial charge in [-0.2, -0.15) is 0 Å². The average Bonchev–Trinajstić information content (AvgIpc) is 2.47. The highest BCUT2D eigenvalue weighted by molar-refractivity contribution is 7.89. The molecular weight excluding hydrogens is 292 g/mol.